The number of nitrogens with one attached hydrogen (secondary N) is 2. The van der Waals surface area contributed by atoms with E-state index in [1.54, 1.807) is 28.4 Å². The Morgan fingerprint density at radius 3 is 2.82 bits per heavy atom. The molecule has 3 aromatic heterocycles. The number of rotatable bonds is 6. The highest BCUT2D eigenvalue weighted by Crippen LogP contribution is 2.23. The summed E-state index contributed by atoms with van der Waals surface area (Å²) in [6.45, 7) is 2.07. The minimum absolute atomic E-state index is 0.111. The Labute approximate surface area is 170 Å². The van der Waals surface area contributed by atoms with Crippen LogP contribution in [0.4, 0.5) is 0 Å². The molecule has 0 unspecified atom stereocenters. The van der Waals surface area contributed by atoms with Gasteiger partial charge in [0.05, 0.1) is 17.2 Å². The molecule has 1 amide bonds. The van der Waals surface area contributed by atoms with Crippen molar-refractivity contribution in [2.75, 3.05) is 0 Å². The highest BCUT2D eigenvalue weighted by Gasteiger charge is 2.15. The van der Waals surface area contributed by atoms with Crippen LogP contribution in [-0.2, 0) is 11.3 Å². The number of aromatic amines is 1. The Kier molecular flexibility index (Phi) is 5.18. The molecule has 142 valence electrons. The molecule has 0 fully saturated rings. The molecule has 9 heteroatoms. The molecular weight excluding hydrogens is 392 g/mol. The fourth-order valence-corrected chi connectivity index (χ4v) is 3.84. The van der Waals surface area contributed by atoms with E-state index in [0.29, 0.717) is 10.6 Å². The van der Waals surface area contributed by atoms with E-state index in [0.717, 1.165) is 16.1 Å². The van der Waals surface area contributed by atoms with Crippen LogP contribution in [0.15, 0.2) is 60.5 Å². The molecule has 4 rings (SSSR count). The van der Waals surface area contributed by atoms with Crippen LogP contribution in [0.1, 0.15) is 18.5 Å². The standard InChI is InChI=1S/C19H18N6OS2/c1-13(14-4-6-15(7-5-14)24-9-8-20-12-24)21-17(26)11-25-18(22-23-19(25)27)16-3-2-10-28-16/h2-10,12-13H,11H2,1H3,(H,21,26)(H,23,27)/t13-/m0/s1. The Bertz CT molecular complexity index is 1110. The van der Waals surface area contributed by atoms with Gasteiger partial charge in [-0.15, -0.1) is 11.3 Å². The van der Waals surface area contributed by atoms with Gasteiger partial charge in [0, 0.05) is 18.1 Å². The minimum atomic E-state index is -0.129. The van der Waals surface area contributed by atoms with Gasteiger partial charge in [-0.1, -0.05) is 18.2 Å². The Morgan fingerprint density at radius 1 is 1.32 bits per heavy atom. The van der Waals surface area contributed by atoms with E-state index in [1.165, 1.54) is 0 Å². The molecule has 7 nitrogen and oxygen atoms in total. The average Bonchev–Trinajstić information content (AvgIpc) is 3.45. The van der Waals surface area contributed by atoms with Gasteiger partial charge in [0.2, 0.25) is 5.91 Å². The summed E-state index contributed by atoms with van der Waals surface area (Å²) in [5, 5.41) is 12.0. The van der Waals surface area contributed by atoms with Gasteiger partial charge >= 0.3 is 0 Å². The smallest absolute Gasteiger partial charge is 0.240 e. The fraction of sp³-hybridized carbons (Fsp3) is 0.158. The van der Waals surface area contributed by atoms with Gasteiger partial charge < -0.3 is 9.88 Å². The zero-order valence-corrected chi connectivity index (χ0v) is 16.7. The van der Waals surface area contributed by atoms with Crippen LogP contribution >= 0.6 is 23.6 Å². The number of carbonyl (C=O) groups is 1. The molecule has 0 bridgehead atoms. The van der Waals surface area contributed by atoms with Crippen LogP contribution in [0, 0.1) is 4.77 Å². The van der Waals surface area contributed by atoms with E-state index in [9.17, 15) is 4.79 Å². The molecule has 0 aliphatic rings. The summed E-state index contributed by atoms with van der Waals surface area (Å²) >= 11 is 6.84. The molecule has 3 heterocycles. The van der Waals surface area contributed by atoms with Gasteiger partial charge in [0.15, 0.2) is 10.6 Å². The van der Waals surface area contributed by atoms with E-state index < -0.39 is 0 Å². The van der Waals surface area contributed by atoms with Crippen LogP contribution in [0.25, 0.3) is 16.4 Å². The number of benzene rings is 1. The van der Waals surface area contributed by atoms with Crippen LogP contribution in [0.3, 0.4) is 0 Å². The molecule has 0 aliphatic carbocycles. The second-order valence-corrected chi connectivity index (χ2v) is 7.60. The summed E-state index contributed by atoms with van der Waals surface area (Å²) in [4.78, 5) is 17.6. The number of hydrogen-bond donors (Lipinski definition) is 2. The van der Waals surface area contributed by atoms with Crippen molar-refractivity contribution in [3.8, 4) is 16.4 Å². The maximum Gasteiger partial charge on any atom is 0.240 e. The van der Waals surface area contributed by atoms with Gasteiger partial charge in [-0.3, -0.25) is 14.5 Å². The second-order valence-electron chi connectivity index (χ2n) is 6.27. The predicted molar refractivity (Wildman–Crippen MR) is 111 cm³/mol. The topological polar surface area (TPSA) is 80.5 Å². The molecule has 0 spiro atoms. The van der Waals surface area contributed by atoms with Crippen LogP contribution in [-0.4, -0.2) is 30.2 Å². The first kappa shape index (κ1) is 18.3. The van der Waals surface area contributed by atoms with E-state index >= 15 is 0 Å². The Morgan fingerprint density at radius 2 is 2.14 bits per heavy atom. The van der Waals surface area contributed by atoms with E-state index in [4.69, 9.17) is 12.2 Å². The molecule has 2 N–H and O–H groups in total. The lowest BCUT2D eigenvalue weighted by Crippen LogP contribution is -2.30. The number of H-pyrrole nitrogens is 1. The van der Waals surface area contributed by atoms with Crippen molar-refractivity contribution in [3.63, 3.8) is 0 Å². The summed E-state index contributed by atoms with van der Waals surface area (Å²) in [5.41, 5.74) is 2.04. The SMILES string of the molecule is C[C@H](NC(=O)Cn1c(-c2cccs2)n[nH]c1=S)c1ccc(-n2ccnc2)cc1. The Hall–Kier alpha value is -3.04. The lowest BCUT2D eigenvalue weighted by atomic mass is 10.1. The lowest BCUT2D eigenvalue weighted by Gasteiger charge is -2.15. The van der Waals surface area contributed by atoms with Crippen molar-refractivity contribution in [1.82, 2.24) is 29.6 Å². The largest absolute Gasteiger partial charge is 0.348 e. The first-order valence-electron chi connectivity index (χ1n) is 8.68. The summed E-state index contributed by atoms with van der Waals surface area (Å²) in [6, 6.07) is 11.8. The van der Waals surface area contributed by atoms with Crippen LogP contribution in [0.2, 0.25) is 0 Å². The van der Waals surface area contributed by atoms with Crippen LogP contribution in [0.5, 0.6) is 0 Å². The number of aromatic nitrogens is 5. The first-order chi connectivity index (χ1) is 13.6. The minimum Gasteiger partial charge on any atom is -0.348 e. The van der Waals surface area contributed by atoms with Crippen molar-refractivity contribution in [2.24, 2.45) is 0 Å². The number of hydrogen-bond acceptors (Lipinski definition) is 5. The molecule has 1 aromatic carbocycles. The van der Waals surface area contributed by atoms with Gasteiger partial charge in [0.1, 0.15) is 6.54 Å². The molecule has 0 aliphatic heterocycles. The zero-order chi connectivity index (χ0) is 19.5. The monoisotopic (exact) mass is 410 g/mol. The molecule has 0 saturated heterocycles. The number of thiophene rings is 1. The normalized spacial score (nSPS) is 12.0. The van der Waals surface area contributed by atoms with Gasteiger partial charge in [-0.25, -0.2) is 4.98 Å². The summed E-state index contributed by atoms with van der Waals surface area (Å²) in [7, 11) is 0. The van der Waals surface area contributed by atoms with E-state index in [-0.39, 0.29) is 18.5 Å². The number of imidazole rings is 1. The summed E-state index contributed by atoms with van der Waals surface area (Å²) in [6.07, 6.45) is 5.38. The lowest BCUT2D eigenvalue weighted by molar-refractivity contribution is -0.122. The summed E-state index contributed by atoms with van der Waals surface area (Å²) in [5.74, 6) is 0.550. The third kappa shape index (κ3) is 3.80. The van der Waals surface area contributed by atoms with Crippen molar-refractivity contribution in [2.45, 2.75) is 19.5 Å². The van der Waals surface area contributed by atoms with Crippen molar-refractivity contribution < 1.29 is 4.79 Å². The molecule has 4 aromatic rings. The maximum atomic E-state index is 12.6. The van der Waals surface area contributed by atoms with Crippen molar-refractivity contribution in [3.05, 3.63) is 70.8 Å². The Balaban J connectivity index is 1.44. The highest BCUT2D eigenvalue weighted by atomic mass is 32.1. The van der Waals surface area contributed by atoms with Gasteiger partial charge in [0.25, 0.3) is 0 Å². The predicted octanol–water partition coefficient (Wildman–Crippen LogP) is 3.73. The first-order valence-corrected chi connectivity index (χ1v) is 9.97. The molecular formula is C19H18N6OS2. The highest BCUT2D eigenvalue weighted by molar-refractivity contribution is 7.71. The quantitative estimate of drug-likeness (QED) is 0.475. The van der Waals surface area contributed by atoms with Gasteiger partial charge in [-0.05, 0) is 48.3 Å². The van der Waals surface area contributed by atoms with E-state index in [2.05, 4.69) is 20.5 Å². The fourth-order valence-electron chi connectivity index (χ4n) is 2.92. The number of amides is 1. The third-order valence-electron chi connectivity index (χ3n) is 4.37. The summed E-state index contributed by atoms with van der Waals surface area (Å²) < 4.78 is 4.07. The maximum absolute atomic E-state index is 12.6. The van der Waals surface area contributed by atoms with Crippen molar-refractivity contribution >= 4 is 29.5 Å². The molecule has 28 heavy (non-hydrogen) atoms. The number of nitrogens with zero attached hydrogens (tertiary/aromatic N) is 4. The second kappa shape index (κ2) is 7.91. The van der Waals surface area contributed by atoms with Crippen LogP contribution < -0.4 is 5.32 Å². The average molecular weight is 411 g/mol. The number of carbonyl (C=O) groups excluding carboxylic acids is 1. The third-order valence-corrected chi connectivity index (χ3v) is 5.55. The molecule has 1 atom stereocenters. The molecule has 0 radical (unpaired) electrons. The van der Waals surface area contributed by atoms with E-state index in [1.807, 2.05) is 59.5 Å². The molecule has 0 saturated carbocycles. The van der Waals surface area contributed by atoms with Crippen molar-refractivity contribution in [1.29, 1.82) is 0 Å². The zero-order valence-electron chi connectivity index (χ0n) is 15.1. The van der Waals surface area contributed by atoms with Gasteiger partial charge in [-0.2, -0.15) is 5.10 Å².